The Hall–Kier alpha value is -11.3. The first-order chi connectivity index (χ1) is 43.6. The average Bonchev–Trinajstić information content (AvgIpc) is 2.47. The van der Waals surface area contributed by atoms with Gasteiger partial charge < -0.3 is 8.83 Å². The van der Waals surface area contributed by atoms with Gasteiger partial charge in [0.25, 0.3) is 0 Å². The van der Waals surface area contributed by atoms with Gasteiger partial charge in [0.05, 0.1) is 5.56 Å². The molecule has 410 valence electrons. The summed E-state index contributed by atoms with van der Waals surface area (Å²) >= 11 is 3.58. The van der Waals surface area contributed by atoms with Crippen LogP contribution in [0.2, 0.25) is 0 Å². The molecule has 12 aromatic carbocycles. The zero-order chi connectivity index (χ0) is 57.8. The highest BCUT2D eigenvalue weighted by atomic mass is 32.1. The Bertz CT molecular complexity index is 5760. The van der Waals surface area contributed by atoms with E-state index in [2.05, 4.69) is 164 Å². The van der Waals surface area contributed by atoms with Gasteiger partial charge in [-0.3, -0.25) is 0 Å². The first-order valence-electron chi connectivity index (χ1n) is 29.1. The number of nitrogens with zero attached hydrogens (tertiary/aromatic N) is 6. The van der Waals surface area contributed by atoms with E-state index in [0.717, 1.165) is 131 Å². The lowest BCUT2D eigenvalue weighted by molar-refractivity contribution is 0.670. The zero-order valence-electron chi connectivity index (χ0n) is 46.7. The fourth-order valence-electron chi connectivity index (χ4n) is 12.7. The van der Waals surface area contributed by atoms with Gasteiger partial charge in [-0.15, -0.1) is 22.7 Å². The molecule has 0 aliphatic heterocycles. The van der Waals surface area contributed by atoms with Crippen LogP contribution < -0.4 is 0 Å². The summed E-state index contributed by atoms with van der Waals surface area (Å²) in [5, 5.41) is 8.93. The minimum atomic E-state index is 0.517. The summed E-state index contributed by atoms with van der Waals surface area (Å²) in [6.07, 6.45) is 0. The predicted molar refractivity (Wildman–Crippen MR) is 362 cm³/mol. The Kier molecular flexibility index (Phi) is 11.5. The van der Waals surface area contributed by atoms with Crippen molar-refractivity contribution >= 4 is 107 Å². The molecule has 0 spiro atoms. The van der Waals surface area contributed by atoms with Crippen molar-refractivity contribution in [3.63, 3.8) is 0 Å². The summed E-state index contributed by atoms with van der Waals surface area (Å²) < 4.78 is 18.5. The van der Waals surface area contributed by atoms with E-state index in [-0.39, 0.29) is 0 Å². The van der Waals surface area contributed by atoms with Gasteiger partial charge in [-0.05, 0) is 41.5 Å². The third-order valence-electron chi connectivity index (χ3n) is 16.8. The minimum absolute atomic E-state index is 0.517. The average molecular weight is 1160 g/mol. The van der Waals surface area contributed by atoms with Crippen LogP contribution >= 0.6 is 22.7 Å². The molecule has 0 aliphatic rings. The van der Waals surface area contributed by atoms with Crippen molar-refractivity contribution in [1.82, 2.24) is 29.9 Å². The van der Waals surface area contributed by atoms with Crippen molar-refractivity contribution in [2.45, 2.75) is 0 Å². The fourth-order valence-corrected chi connectivity index (χ4v) is 15.2. The van der Waals surface area contributed by atoms with E-state index in [9.17, 15) is 0 Å². The molecular formula is C78H44N6O2S2. The van der Waals surface area contributed by atoms with Crippen molar-refractivity contribution in [2.24, 2.45) is 0 Å². The summed E-state index contributed by atoms with van der Waals surface area (Å²) in [7, 11) is 0. The topological polar surface area (TPSA) is 104 Å². The predicted octanol–water partition coefficient (Wildman–Crippen LogP) is 21.6. The Balaban J connectivity index is 0.798. The van der Waals surface area contributed by atoms with E-state index < -0.39 is 0 Å². The van der Waals surface area contributed by atoms with Gasteiger partial charge in [0.15, 0.2) is 34.9 Å². The monoisotopic (exact) mass is 1160 g/mol. The number of rotatable bonds is 9. The molecule has 0 aliphatic carbocycles. The molecule has 0 amide bonds. The molecule has 0 atom stereocenters. The Labute approximate surface area is 511 Å². The lowest BCUT2D eigenvalue weighted by Gasteiger charge is -2.12. The molecule has 0 bridgehead atoms. The quantitative estimate of drug-likeness (QED) is 0.141. The summed E-state index contributed by atoms with van der Waals surface area (Å²) in [6, 6.07) is 92.7. The molecule has 0 unspecified atom stereocenters. The highest BCUT2D eigenvalue weighted by Gasteiger charge is 2.24. The van der Waals surface area contributed by atoms with Crippen molar-refractivity contribution in [3.8, 4) is 102 Å². The van der Waals surface area contributed by atoms with Crippen LogP contribution in [0.1, 0.15) is 0 Å². The number of furan rings is 2. The number of thiophene rings is 2. The summed E-state index contributed by atoms with van der Waals surface area (Å²) in [5.41, 5.74) is 14.8. The molecule has 0 radical (unpaired) electrons. The molecule has 18 aromatic rings. The smallest absolute Gasteiger partial charge is 0.167 e. The molecule has 0 fully saturated rings. The largest absolute Gasteiger partial charge is 0.455 e. The fraction of sp³-hybridized carbons (Fsp3) is 0. The molecule has 8 nitrogen and oxygen atoms in total. The van der Waals surface area contributed by atoms with Crippen LogP contribution in [0, 0.1) is 0 Å². The van der Waals surface area contributed by atoms with Crippen LogP contribution in [0.25, 0.3) is 186 Å². The van der Waals surface area contributed by atoms with Crippen LogP contribution in [-0.4, -0.2) is 29.9 Å². The van der Waals surface area contributed by atoms with Gasteiger partial charge in [0.1, 0.15) is 22.3 Å². The number of fused-ring (bicyclic) bond motifs is 12. The molecule has 0 saturated carbocycles. The normalized spacial score (nSPS) is 11.9. The number of hydrogen-bond donors (Lipinski definition) is 0. The molecule has 18 rings (SSSR count). The molecule has 0 saturated heterocycles. The molecular weight excluding hydrogens is 1120 g/mol. The SMILES string of the molecule is c1ccc(-c2nc(-c3ccc(-c4cc(-c5nc(-c6ccccc6)nc(-c6ccccc6)n5)c5sc6c(-c7cccc8c7oc7ccccc78)cccc6c5c4)cc3)nc(-c3cccc4c3oc3c(-c5cccc6c5sc5ccccc56)cccc34)n2)cc1. The highest BCUT2D eigenvalue weighted by molar-refractivity contribution is 7.27. The maximum Gasteiger partial charge on any atom is 0.167 e. The van der Waals surface area contributed by atoms with E-state index in [1.54, 1.807) is 11.3 Å². The van der Waals surface area contributed by atoms with Crippen molar-refractivity contribution in [2.75, 3.05) is 0 Å². The highest BCUT2D eigenvalue weighted by Crippen LogP contribution is 2.49. The second kappa shape index (κ2) is 20.2. The van der Waals surface area contributed by atoms with Crippen molar-refractivity contribution < 1.29 is 8.83 Å². The lowest BCUT2D eigenvalue weighted by atomic mass is 9.96. The maximum absolute atomic E-state index is 7.10. The van der Waals surface area contributed by atoms with Crippen LogP contribution in [0.3, 0.4) is 0 Å². The van der Waals surface area contributed by atoms with E-state index in [4.69, 9.17) is 38.7 Å². The van der Waals surface area contributed by atoms with Gasteiger partial charge in [0.2, 0.25) is 0 Å². The molecule has 6 heterocycles. The van der Waals surface area contributed by atoms with E-state index in [1.165, 1.54) is 20.2 Å². The van der Waals surface area contributed by atoms with E-state index >= 15 is 0 Å². The van der Waals surface area contributed by atoms with Gasteiger partial charge in [0, 0.05) is 112 Å². The number of benzene rings is 12. The van der Waals surface area contributed by atoms with Crippen LogP contribution in [0.5, 0.6) is 0 Å². The molecule has 10 heteroatoms. The summed E-state index contributed by atoms with van der Waals surface area (Å²) in [6.45, 7) is 0. The third-order valence-corrected chi connectivity index (χ3v) is 19.3. The number of aromatic nitrogens is 6. The zero-order valence-corrected chi connectivity index (χ0v) is 48.4. The Morgan fingerprint density at radius 1 is 0.216 bits per heavy atom. The van der Waals surface area contributed by atoms with Gasteiger partial charge >= 0.3 is 0 Å². The molecule has 88 heavy (non-hydrogen) atoms. The molecule has 0 N–H and O–H groups in total. The van der Waals surface area contributed by atoms with Crippen molar-refractivity contribution in [3.05, 3.63) is 267 Å². The third kappa shape index (κ3) is 8.18. The van der Waals surface area contributed by atoms with Gasteiger partial charge in [-0.25, -0.2) is 29.9 Å². The lowest BCUT2D eigenvalue weighted by Crippen LogP contribution is -2.00. The van der Waals surface area contributed by atoms with Crippen LogP contribution in [-0.2, 0) is 0 Å². The number of hydrogen-bond acceptors (Lipinski definition) is 10. The maximum atomic E-state index is 7.10. The summed E-state index contributed by atoms with van der Waals surface area (Å²) in [4.78, 5) is 31.5. The van der Waals surface area contributed by atoms with Gasteiger partial charge in [-0.1, -0.05) is 237 Å². The van der Waals surface area contributed by atoms with Gasteiger partial charge in [-0.2, -0.15) is 0 Å². The van der Waals surface area contributed by atoms with E-state index in [1.807, 2.05) is 114 Å². The number of para-hydroxylation sites is 4. The first kappa shape index (κ1) is 50.1. The van der Waals surface area contributed by atoms with Crippen LogP contribution in [0.4, 0.5) is 0 Å². The standard InChI is InChI=1S/C78H44N6O2S2/c1-4-19-46(20-5-1)73-80-76(82-77(81-73)62-36-16-29-55-54-28-15-31-57(68(54)86-69(55)62)59-33-17-32-58-52-26-11-13-38-66(52)87-70(58)59)49-41-39-45(40-42-49)50-43-63-61-35-18-34-60(56-30-14-27-53-51-25-10-12-37-65(51)85-67(53)56)71(61)88-72(63)64(44-50)78-83-74(47-21-6-2-7-22-47)79-75(84-78)48-23-8-3-9-24-48/h1-44H. The first-order valence-corrected chi connectivity index (χ1v) is 30.8. The summed E-state index contributed by atoms with van der Waals surface area (Å²) in [5.74, 6) is 3.40. The second-order valence-electron chi connectivity index (χ2n) is 22.0. The van der Waals surface area contributed by atoms with E-state index in [0.29, 0.717) is 34.9 Å². The minimum Gasteiger partial charge on any atom is -0.455 e. The van der Waals surface area contributed by atoms with Crippen molar-refractivity contribution in [1.29, 1.82) is 0 Å². The van der Waals surface area contributed by atoms with Crippen LogP contribution in [0.15, 0.2) is 276 Å². The Morgan fingerprint density at radius 3 is 1.19 bits per heavy atom. The second-order valence-corrected chi connectivity index (χ2v) is 24.1. The molecule has 6 aromatic heterocycles. The Morgan fingerprint density at radius 2 is 0.602 bits per heavy atom.